The molecule has 0 radical (unpaired) electrons. The van der Waals surface area contributed by atoms with Crippen LogP contribution < -0.4 is 14.8 Å². The highest BCUT2D eigenvalue weighted by molar-refractivity contribution is 9.10. The maximum Gasteiger partial charge on any atom is 0.223 e. The third-order valence-electron chi connectivity index (χ3n) is 3.12. The summed E-state index contributed by atoms with van der Waals surface area (Å²) in [6.45, 7) is 0.780. The number of amides is 1. The van der Waals surface area contributed by atoms with E-state index in [0.717, 1.165) is 15.8 Å². The largest absolute Gasteiger partial charge is 0.496 e. The Balaban J connectivity index is 1.72. The Bertz CT molecular complexity index is 661. The number of benzene rings is 2. The Kier molecular flexibility index (Phi) is 6.74. The monoisotopic (exact) mass is 397 g/mol. The van der Waals surface area contributed by atoms with Gasteiger partial charge in [0.1, 0.15) is 11.5 Å². The predicted molar refractivity (Wildman–Crippen MR) is 94.1 cm³/mol. The quantitative estimate of drug-likeness (QED) is 0.760. The van der Waals surface area contributed by atoms with Crippen molar-refractivity contribution in [1.82, 2.24) is 5.32 Å². The number of nitrogens with one attached hydrogen (secondary N) is 1. The molecule has 0 bridgehead atoms. The van der Waals surface area contributed by atoms with E-state index < -0.39 is 0 Å². The maximum atomic E-state index is 11.8. The summed E-state index contributed by atoms with van der Waals surface area (Å²) in [4.78, 5) is 11.8. The van der Waals surface area contributed by atoms with Crippen molar-refractivity contribution in [2.45, 2.75) is 13.0 Å². The van der Waals surface area contributed by atoms with Crippen molar-refractivity contribution < 1.29 is 14.3 Å². The summed E-state index contributed by atoms with van der Waals surface area (Å²) in [7, 11) is 1.61. The van der Waals surface area contributed by atoms with Crippen molar-refractivity contribution in [3.63, 3.8) is 0 Å². The molecule has 1 N–H and O–H groups in total. The molecule has 0 fully saturated rings. The van der Waals surface area contributed by atoms with Crippen molar-refractivity contribution in [2.24, 2.45) is 0 Å². The maximum absolute atomic E-state index is 11.8. The molecule has 0 aromatic heterocycles. The lowest BCUT2D eigenvalue weighted by molar-refractivity contribution is -0.121. The van der Waals surface area contributed by atoms with Crippen LogP contribution in [0.1, 0.15) is 12.0 Å². The average Bonchev–Trinajstić information content (AvgIpc) is 2.55. The van der Waals surface area contributed by atoms with Crippen LogP contribution in [0.3, 0.4) is 0 Å². The molecule has 0 saturated carbocycles. The van der Waals surface area contributed by atoms with Crippen LogP contribution in [0, 0.1) is 0 Å². The van der Waals surface area contributed by atoms with Gasteiger partial charge >= 0.3 is 0 Å². The fourth-order valence-corrected chi connectivity index (χ4v) is 2.62. The normalized spacial score (nSPS) is 10.2. The first-order valence-electron chi connectivity index (χ1n) is 7.06. The Hall–Kier alpha value is -1.72. The molecule has 0 spiro atoms. The molecular weight excluding hydrogens is 382 g/mol. The third-order valence-corrected chi connectivity index (χ3v) is 3.99. The first-order chi connectivity index (χ1) is 11.1. The smallest absolute Gasteiger partial charge is 0.223 e. The predicted octanol–water partition coefficient (Wildman–Crippen LogP) is 4.20. The molecule has 6 heteroatoms. The van der Waals surface area contributed by atoms with Gasteiger partial charge in [0.05, 0.1) is 24.6 Å². The van der Waals surface area contributed by atoms with Crippen LogP contribution in [0.25, 0.3) is 0 Å². The Morgan fingerprint density at radius 2 is 1.96 bits per heavy atom. The van der Waals surface area contributed by atoms with Gasteiger partial charge in [-0.3, -0.25) is 4.79 Å². The van der Waals surface area contributed by atoms with E-state index in [1.54, 1.807) is 31.4 Å². The number of hydrogen-bond donors (Lipinski definition) is 1. The summed E-state index contributed by atoms with van der Waals surface area (Å²) in [5.41, 5.74) is 0.990. The number of hydrogen-bond acceptors (Lipinski definition) is 3. The highest BCUT2D eigenvalue weighted by Crippen LogP contribution is 2.25. The van der Waals surface area contributed by atoms with Gasteiger partial charge in [0.15, 0.2) is 0 Å². The number of halogens is 2. The number of rotatable bonds is 7. The Morgan fingerprint density at radius 1 is 1.22 bits per heavy atom. The van der Waals surface area contributed by atoms with Gasteiger partial charge < -0.3 is 14.8 Å². The van der Waals surface area contributed by atoms with Gasteiger partial charge in [0.25, 0.3) is 0 Å². The summed E-state index contributed by atoms with van der Waals surface area (Å²) < 4.78 is 11.5. The highest BCUT2D eigenvalue weighted by Gasteiger charge is 2.05. The van der Waals surface area contributed by atoms with E-state index in [-0.39, 0.29) is 5.91 Å². The summed E-state index contributed by atoms with van der Waals surface area (Å²) in [6, 6.07) is 12.7. The SMILES string of the molecule is COc1ccc(CNC(=O)CCOc2ccc(Cl)cc2)cc1Br. The molecule has 23 heavy (non-hydrogen) atoms. The van der Waals surface area contributed by atoms with Crippen molar-refractivity contribution in [1.29, 1.82) is 0 Å². The van der Waals surface area contributed by atoms with E-state index >= 15 is 0 Å². The summed E-state index contributed by atoms with van der Waals surface area (Å²) >= 11 is 9.21. The van der Waals surface area contributed by atoms with Crippen LogP contribution in [0.2, 0.25) is 5.02 Å². The zero-order valence-electron chi connectivity index (χ0n) is 12.6. The van der Waals surface area contributed by atoms with Gasteiger partial charge in [-0.2, -0.15) is 0 Å². The van der Waals surface area contributed by atoms with Gasteiger partial charge in [-0.15, -0.1) is 0 Å². The van der Waals surface area contributed by atoms with Crippen LogP contribution in [-0.2, 0) is 11.3 Å². The van der Waals surface area contributed by atoms with Crippen molar-refractivity contribution in [3.05, 3.63) is 57.5 Å². The fraction of sp³-hybridized carbons (Fsp3) is 0.235. The van der Waals surface area contributed by atoms with Gasteiger partial charge in [-0.1, -0.05) is 17.7 Å². The minimum absolute atomic E-state index is 0.0640. The van der Waals surface area contributed by atoms with Gasteiger partial charge in [-0.25, -0.2) is 0 Å². The molecule has 0 unspecified atom stereocenters. The third kappa shape index (κ3) is 5.77. The van der Waals surface area contributed by atoms with Crippen molar-refractivity contribution >= 4 is 33.4 Å². The molecule has 0 aliphatic rings. The second-order valence-corrected chi connectivity index (χ2v) is 6.09. The lowest BCUT2D eigenvalue weighted by Crippen LogP contribution is -2.24. The van der Waals surface area contributed by atoms with E-state index in [2.05, 4.69) is 21.2 Å². The molecule has 2 rings (SSSR count). The summed E-state index contributed by atoms with van der Waals surface area (Å²) in [5.74, 6) is 1.39. The molecule has 2 aromatic rings. The summed E-state index contributed by atoms with van der Waals surface area (Å²) in [6.07, 6.45) is 0.292. The number of ether oxygens (including phenoxy) is 2. The molecule has 4 nitrogen and oxygen atoms in total. The summed E-state index contributed by atoms with van der Waals surface area (Å²) in [5, 5.41) is 3.51. The molecular formula is C17H17BrClNO3. The second-order valence-electron chi connectivity index (χ2n) is 4.80. The minimum Gasteiger partial charge on any atom is -0.496 e. The highest BCUT2D eigenvalue weighted by atomic mass is 79.9. The van der Waals surface area contributed by atoms with E-state index in [9.17, 15) is 4.79 Å². The lowest BCUT2D eigenvalue weighted by atomic mass is 10.2. The molecule has 122 valence electrons. The van der Waals surface area contributed by atoms with Crippen LogP contribution in [0.4, 0.5) is 0 Å². The Labute approximate surface area is 148 Å². The number of carbonyl (C=O) groups excluding carboxylic acids is 1. The molecule has 2 aromatic carbocycles. The van der Waals surface area contributed by atoms with Gasteiger partial charge in [-0.05, 0) is 57.9 Å². The van der Waals surface area contributed by atoms with Crippen molar-refractivity contribution in [2.75, 3.05) is 13.7 Å². The second kappa shape index (κ2) is 8.79. The van der Waals surface area contributed by atoms with Crippen molar-refractivity contribution in [3.8, 4) is 11.5 Å². The van der Waals surface area contributed by atoms with E-state index in [1.165, 1.54) is 0 Å². The lowest BCUT2D eigenvalue weighted by Gasteiger charge is -2.09. The molecule has 1 amide bonds. The van der Waals surface area contributed by atoms with E-state index in [1.807, 2.05) is 18.2 Å². The fourth-order valence-electron chi connectivity index (χ4n) is 1.90. The molecule has 0 aliphatic heterocycles. The molecule has 0 heterocycles. The standard InChI is InChI=1S/C17H17BrClNO3/c1-22-16-7-2-12(10-15(16)18)11-20-17(21)8-9-23-14-5-3-13(19)4-6-14/h2-7,10H,8-9,11H2,1H3,(H,20,21). The molecule has 0 aliphatic carbocycles. The zero-order valence-corrected chi connectivity index (χ0v) is 15.0. The number of methoxy groups -OCH3 is 1. The van der Waals surface area contributed by atoms with Crippen LogP contribution in [0.5, 0.6) is 11.5 Å². The van der Waals surface area contributed by atoms with Crippen LogP contribution >= 0.6 is 27.5 Å². The zero-order chi connectivity index (χ0) is 16.7. The molecule has 0 atom stereocenters. The van der Waals surface area contributed by atoms with Gasteiger partial charge in [0.2, 0.25) is 5.91 Å². The van der Waals surface area contributed by atoms with E-state index in [4.69, 9.17) is 21.1 Å². The number of carbonyl (C=O) groups is 1. The van der Waals surface area contributed by atoms with Crippen LogP contribution in [0.15, 0.2) is 46.9 Å². The topological polar surface area (TPSA) is 47.6 Å². The Morgan fingerprint density at radius 3 is 2.61 bits per heavy atom. The first-order valence-corrected chi connectivity index (χ1v) is 8.23. The van der Waals surface area contributed by atoms with Gasteiger partial charge in [0, 0.05) is 11.6 Å². The first kappa shape index (κ1) is 17.6. The average molecular weight is 399 g/mol. The molecule has 0 saturated heterocycles. The van der Waals surface area contributed by atoms with E-state index in [0.29, 0.717) is 30.3 Å². The minimum atomic E-state index is -0.0640. The van der Waals surface area contributed by atoms with Crippen LogP contribution in [-0.4, -0.2) is 19.6 Å².